The first-order chi connectivity index (χ1) is 12.2. The Hall–Kier alpha value is -2.66. The Bertz CT molecular complexity index is 904. The van der Waals surface area contributed by atoms with E-state index in [1.807, 2.05) is 30.3 Å². The third-order valence-electron chi connectivity index (χ3n) is 4.31. The van der Waals surface area contributed by atoms with Gasteiger partial charge >= 0.3 is 0 Å². The number of hydrogen-bond donors (Lipinski definition) is 1. The first-order valence-electron chi connectivity index (χ1n) is 8.54. The zero-order chi connectivity index (χ0) is 17.6. The first-order valence-corrected chi connectivity index (χ1v) is 8.54. The molecule has 0 amide bonds. The van der Waals surface area contributed by atoms with Crippen LogP contribution in [0.25, 0.3) is 10.9 Å². The molecule has 5 heteroatoms. The van der Waals surface area contributed by atoms with Gasteiger partial charge in [0.25, 0.3) is 5.56 Å². The monoisotopic (exact) mass is 337 g/mol. The molecule has 2 aromatic carbocycles. The number of fused-ring (bicyclic) bond motifs is 1. The van der Waals surface area contributed by atoms with Crippen LogP contribution < -0.4 is 16.0 Å². The standard InChI is InChI=1S/C20H23N3O2/c1-25-16-9-10-18-17(14-16)20(24)23(13-5-12-21)19(22-18)11-8-15-6-3-2-4-7-15/h2-4,6-7,9-10,14H,5,8,11-13,21H2,1H3. The Balaban J connectivity index is 2.01. The van der Waals surface area contributed by atoms with Crippen LogP contribution in [0.3, 0.4) is 0 Å². The normalized spacial score (nSPS) is 11.0. The summed E-state index contributed by atoms with van der Waals surface area (Å²) in [4.78, 5) is 17.7. The molecular weight excluding hydrogens is 314 g/mol. The van der Waals surface area contributed by atoms with Crippen LogP contribution in [0, 0.1) is 0 Å². The Morgan fingerprint density at radius 2 is 1.92 bits per heavy atom. The van der Waals surface area contributed by atoms with Crippen molar-refractivity contribution in [3.8, 4) is 5.75 Å². The fourth-order valence-electron chi connectivity index (χ4n) is 2.94. The van der Waals surface area contributed by atoms with E-state index in [0.717, 1.165) is 18.7 Å². The highest BCUT2D eigenvalue weighted by atomic mass is 16.5. The van der Waals surface area contributed by atoms with E-state index in [1.54, 1.807) is 17.7 Å². The first kappa shape index (κ1) is 17.2. The number of benzene rings is 2. The highest BCUT2D eigenvalue weighted by Crippen LogP contribution is 2.17. The fourth-order valence-corrected chi connectivity index (χ4v) is 2.94. The average Bonchev–Trinajstić information content (AvgIpc) is 2.66. The lowest BCUT2D eigenvalue weighted by Crippen LogP contribution is -2.27. The lowest BCUT2D eigenvalue weighted by Gasteiger charge is -2.14. The molecule has 0 aliphatic heterocycles. The van der Waals surface area contributed by atoms with Gasteiger partial charge in [0, 0.05) is 13.0 Å². The minimum Gasteiger partial charge on any atom is -0.497 e. The summed E-state index contributed by atoms with van der Waals surface area (Å²) >= 11 is 0. The summed E-state index contributed by atoms with van der Waals surface area (Å²) in [5, 5.41) is 0.583. The molecule has 0 atom stereocenters. The molecule has 3 rings (SSSR count). The van der Waals surface area contributed by atoms with E-state index in [-0.39, 0.29) is 5.56 Å². The molecule has 0 saturated carbocycles. The van der Waals surface area contributed by atoms with Crippen molar-refractivity contribution < 1.29 is 4.74 Å². The number of ether oxygens (including phenoxy) is 1. The maximum absolute atomic E-state index is 13.0. The number of aromatic nitrogens is 2. The second-order valence-electron chi connectivity index (χ2n) is 6.00. The summed E-state index contributed by atoms with van der Waals surface area (Å²) in [6, 6.07) is 15.7. The second-order valence-corrected chi connectivity index (χ2v) is 6.00. The van der Waals surface area contributed by atoms with Crippen molar-refractivity contribution >= 4 is 10.9 Å². The summed E-state index contributed by atoms with van der Waals surface area (Å²) in [6.45, 7) is 1.13. The molecular formula is C20H23N3O2. The van der Waals surface area contributed by atoms with E-state index in [9.17, 15) is 4.79 Å². The van der Waals surface area contributed by atoms with E-state index in [2.05, 4.69) is 12.1 Å². The third-order valence-corrected chi connectivity index (χ3v) is 4.31. The van der Waals surface area contributed by atoms with Crippen LogP contribution in [0.1, 0.15) is 17.8 Å². The minimum absolute atomic E-state index is 0.0274. The molecule has 5 nitrogen and oxygen atoms in total. The zero-order valence-corrected chi connectivity index (χ0v) is 14.4. The van der Waals surface area contributed by atoms with Gasteiger partial charge in [-0.3, -0.25) is 9.36 Å². The van der Waals surface area contributed by atoms with Crippen LogP contribution >= 0.6 is 0 Å². The Morgan fingerprint density at radius 3 is 2.64 bits per heavy atom. The molecule has 3 aromatic rings. The maximum atomic E-state index is 13.0. The smallest absolute Gasteiger partial charge is 0.261 e. The van der Waals surface area contributed by atoms with Crippen molar-refractivity contribution in [2.24, 2.45) is 5.73 Å². The fraction of sp³-hybridized carbons (Fsp3) is 0.300. The van der Waals surface area contributed by atoms with Crippen molar-refractivity contribution in [3.05, 3.63) is 70.3 Å². The summed E-state index contributed by atoms with van der Waals surface area (Å²) in [6.07, 6.45) is 2.30. The second kappa shape index (κ2) is 7.94. The van der Waals surface area contributed by atoms with Crippen LogP contribution in [-0.2, 0) is 19.4 Å². The molecule has 130 valence electrons. The van der Waals surface area contributed by atoms with Gasteiger partial charge in [0.2, 0.25) is 0 Å². The Labute approximate surface area is 147 Å². The van der Waals surface area contributed by atoms with Gasteiger partial charge in [-0.15, -0.1) is 0 Å². The van der Waals surface area contributed by atoms with Crippen LogP contribution in [0.2, 0.25) is 0 Å². The van der Waals surface area contributed by atoms with Gasteiger partial charge < -0.3 is 10.5 Å². The highest BCUT2D eigenvalue weighted by molar-refractivity contribution is 5.79. The topological polar surface area (TPSA) is 70.1 Å². The number of nitrogens with zero attached hydrogens (tertiary/aromatic N) is 2. The average molecular weight is 337 g/mol. The maximum Gasteiger partial charge on any atom is 0.261 e. The Kier molecular flexibility index (Phi) is 5.46. The molecule has 1 heterocycles. The largest absolute Gasteiger partial charge is 0.497 e. The van der Waals surface area contributed by atoms with E-state index in [1.165, 1.54) is 5.56 Å². The van der Waals surface area contributed by atoms with Gasteiger partial charge in [-0.1, -0.05) is 30.3 Å². The highest BCUT2D eigenvalue weighted by Gasteiger charge is 2.12. The van der Waals surface area contributed by atoms with Gasteiger partial charge in [0.05, 0.1) is 18.0 Å². The quantitative estimate of drug-likeness (QED) is 0.719. The van der Waals surface area contributed by atoms with Crippen molar-refractivity contribution in [2.45, 2.75) is 25.8 Å². The van der Waals surface area contributed by atoms with Crippen molar-refractivity contribution in [1.82, 2.24) is 9.55 Å². The van der Waals surface area contributed by atoms with E-state index in [0.29, 0.717) is 36.2 Å². The third kappa shape index (κ3) is 3.88. The minimum atomic E-state index is -0.0274. The summed E-state index contributed by atoms with van der Waals surface area (Å²) in [5.41, 5.74) is 7.56. The van der Waals surface area contributed by atoms with E-state index in [4.69, 9.17) is 15.5 Å². The van der Waals surface area contributed by atoms with E-state index < -0.39 is 0 Å². The molecule has 0 fully saturated rings. The SMILES string of the molecule is COc1ccc2nc(CCc3ccccc3)n(CCCN)c(=O)c2c1. The molecule has 0 aliphatic carbocycles. The molecule has 0 saturated heterocycles. The molecule has 0 radical (unpaired) electrons. The number of rotatable bonds is 7. The molecule has 2 N–H and O–H groups in total. The van der Waals surface area contributed by atoms with Gasteiger partial charge in [0.15, 0.2) is 0 Å². The van der Waals surface area contributed by atoms with Crippen LogP contribution in [0.4, 0.5) is 0 Å². The van der Waals surface area contributed by atoms with Crippen molar-refractivity contribution in [3.63, 3.8) is 0 Å². The molecule has 0 spiro atoms. The predicted molar refractivity (Wildman–Crippen MR) is 100 cm³/mol. The molecule has 0 aliphatic rings. The van der Waals surface area contributed by atoms with Gasteiger partial charge in [-0.05, 0) is 43.1 Å². The number of hydrogen-bond acceptors (Lipinski definition) is 4. The summed E-state index contributed by atoms with van der Waals surface area (Å²) in [7, 11) is 1.59. The van der Waals surface area contributed by atoms with Crippen molar-refractivity contribution in [2.75, 3.05) is 13.7 Å². The Morgan fingerprint density at radius 1 is 1.12 bits per heavy atom. The molecule has 25 heavy (non-hydrogen) atoms. The lowest BCUT2D eigenvalue weighted by molar-refractivity contribution is 0.415. The van der Waals surface area contributed by atoms with Crippen LogP contribution in [0.5, 0.6) is 5.75 Å². The number of aryl methyl sites for hydroxylation is 2. The zero-order valence-electron chi connectivity index (χ0n) is 14.4. The van der Waals surface area contributed by atoms with Crippen LogP contribution in [-0.4, -0.2) is 23.2 Å². The molecule has 1 aromatic heterocycles. The van der Waals surface area contributed by atoms with Gasteiger partial charge in [-0.25, -0.2) is 4.98 Å². The summed E-state index contributed by atoms with van der Waals surface area (Å²) < 4.78 is 7.00. The number of methoxy groups -OCH3 is 1. The van der Waals surface area contributed by atoms with Crippen LogP contribution in [0.15, 0.2) is 53.3 Å². The number of nitrogens with two attached hydrogens (primary N) is 1. The lowest BCUT2D eigenvalue weighted by atomic mass is 10.1. The summed E-state index contributed by atoms with van der Waals surface area (Å²) in [5.74, 6) is 1.47. The van der Waals surface area contributed by atoms with Gasteiger partial charge in [-0.2, -0.15) is 0 Å². The molecule has 0 bridgehead atoms. The van der Waals surface area contributed by atoms with E-state index >= 15 is 0 Å². The van der Waals surface area contributed by atoms with Gasteiger partial charge in [0.1, 0.15) is 11.6 Å². The molecule has 0 unspecified atom stereocenters. The van der Waals surface area contributed by atoms with Crippen molar-refractivity contribution in [1.29, 1.82) is 0 Å². The predicted octanol–water partition coefficient (Wildman–Crippen LogP) is 2.54.